The van der Waals surface area contributed by atoms with E-state index in [-0.39, 0.29) is 17.8 Å². The van der Waals surface area contributed by atoms with Crippen molar-refractivity contribution in [2.75, 3.05) is 0 Å². The highest BCUT2D eigenvalue weighted by Crippen LogP contribution is 2.44. The first-order valence-corrected chi connectivity index (χ1v) is 14.1. The molecule has 0 spiro atoms. The largest absolute Gasteiger partial charge is 0.208 e. The number of halogens is 4. The second-order valence-electron chi connectivity index (χ2n) is 11.4. The minimum Gasteiger partial charge on any atom is -0.208 e. The third-order valence-corrected chi connectivity index (χ3v) is 9.25. The van der Waals surface area contributed by atoms with Crippen LogP contribution in [-0.2, 0) is 6.42 Å². The van der Waals surface area contributed by atoms with Crippen molar-refractivity contribution >= 4 is 0 Å². The van der Waals surface area contributed by atoms with Crippen LogP contribution in [0.4, 0.5) is 17.6 Å². The third kappa shape index (κ3) is 6.05. The van der Waals surface area contributed by atoms with E-state index < -0.39 is 23.3 Å². The summed E-state index contributed by atoms with van der Waals surface area (Å²) in [5.41, 5.74) is 1.61. The number of hydrogen-bond acceptors (Lipinski definition) is 0. The van der Waals surface area contributed by atoms with Gasteiger partial charge in [0.05, 0.1) is 0 Å². The van der Waals surface area contributed by atoms with Crippen LogP contribution in [0, 0.1) is 35.3 Å². The van der Waals surface area contributed by atoms with Crippen LogP contribution in [0.5, 0.6) is 0 Å². The van der Waals surface area contributed by atoms with Crippen molar-refractivity contribution in [3.05, 3.63) is 58.2 Å². The lowest BCUT2D eigenvalue weighted by atomic mass is 9.74. The summed E-state index contributed by atoms with van der Waals surface area (Å²) in [4.78, 5) is 0. The van der Waals surface area contributed by atoms with Crippen LogP contribution in [-0.4, -0.2) is 0 Å². The maximum atomic E-state index is 14.9. The van der Waals surface area contributed by atoms with Crippen LogP contribution in [0.25, 0.3) is 0 Å². The Morgan fingerprint density at radius 1 is 0.743 bits per heavy atom. The molecule has 0 nitrogen and oxygen atoms in total. The maximum absolute atomic E-state index is 14.9. The average molecular weight is 491 g/mol. The standard InChI is InChI=1S/C31H42F4/c1-3-5-24-16-18-26(30(34)28(24)32)23-13-8-21(9-14-23)10-15-25-17-19-27(31(35)29(25)33)22-11-6-20(4-2)7-12-22/h17-24H,3-16H2,1-2H3. The fourth-order valence-electron chi connectivity index (χ4n) is 6.83. The van der Waals surface area contributed by atoms with Crippen molar-refractivity contribution < 1.29 is 17.6 Å². The monoisotopic (exact) mass is 490 g/mol. The lowest BCUT2D eigenvalue weighted by Crippen LogP contribution is -2.20. The average Bonchev–Trinajstić information content (AvgIpc) is 2.88. The Hall–Kier alpha value is -1.58. The summed E-state index contributed by atoms with van der Waals surface area (Å²) < 4.78 is 59.0. The fraction of sp³-hybridized carbons (Fsp3) is 0.677. The SMILES string of the molecule is CCCC1CC=C(C2CCC(CCc3ccc(C4CCC(CC)CC4)c(F)c3F)CC2)C(F)=C1F. The summed E-state index contributed by atoms with van der Waals surface area (Å²) >= 11 is 0. The van der Waals surface area contributed by atoms with Gasteiger partial charge in [0, 0.05) is 5.92 Å². The normalized spacial score (nSPS) is 29.9. The lowest BCUT2D eigenvalue weighted by Gasteiger charge is -2.32. The zero-order chi connectivity index (χ0) is 24.9. The minimum absolute atomic E-state index is 0.0795. The predicted octanol–water partition coefficient (Wildman–Crippen LogP) is 10.3. The second-order valence-corrected chi connectivity index (χ2v) is 11.4. The Morgan fingerprint density at radius 3 is 2.06 bits per heavy atom. The van der Waals surface area contributed by atoms with Crippen molar-refractivity contribution in [2.24, 2.45) is 23.7 Å². The van der Waals surface area contributed by atoms with Gasteiger partial charge < -0.3 is 0 Å². The van der Waals surface area contributed by atoms with Crippen molar-refractivity contribution in [2.45, 2.75) is 110 Å². The first-order valence-electron chi connectivity index (χ1n) is 14.1. The molecule has 3 aliphatic carbocycles. The molecule has 0 radical (unpaired) electrons. The van der Waals surface area contributed by atoms with Crippen LogP contribution < -0.4 is 0 Å². The van der Waals surface area contributed by atoms with Gasteiger partial charge in [0.1, 0.15) is 5.83 Å². The van der Waals surface area contributed by atoms with Gasteiger partial charge >= 0.3 is 0 Å². The van der Waals surface area contributed by atoms with E-state index in [4.69, 9.17) is 0 Å². The highest BCUT2D eigenvalue weighted by atomic mass is 19.2. The summed E-state index contributed by atoms with van der Waals surface area (Å²) in [5, 5.41) is 0. The highest BCUT2D eigenvalue weighted by Gasteiger charge is 2.32. The van der Waals surface area contributed by atoms with E-state index in [9.17, 15) is 17.6 Å². The molecule has 4 rings (SSSR count). The summed E-state index contributed by atoms with van der Waals surface area (Å²) in [7, 11) is 0. The van der Waals surface area contributed by atoms with E-state index in [1.165, 1.54) is 6.42 Å². The molecule has 35 heavy (non-hydrogen) atoms. The fourth-order valence-corrected chi connectivity index (χ4v) is 6.83. The van der Waals surface area contributed by atoms with Crippen molar-refractivity contribution in [3.63, 3.8) is 0 Å². The number of allylic oxidation sites excluding steroid dienone is 4. The summed E-state index contributed by atoms with van der Waals surface area (Å²) in [6.45, 7) is 4.20. The highest BCUT2D eigenvalue weighted by molar-refractivity contribution is 5.35. The molecule has 0 aliphatic heterocycles. The molecule has 0 amide bonds. The molecule has 0 bridgehead atoms. The molecule has 2 saturated carbocycles. The van der Waals surface area contributed by atoms with Gasteiger partial charge in [-0.2, -0.15) is 0 Å². The van der Waals surface area contributed by atoms with Gasteiger partial charge in [0.2, 0.25) is 0 Å². The number of benzene rings is 1. The molecule has 1 unspecified atom stereocenters. The Morgan fingerprint density at radius 2 is 1.40 bits per heavy atom. The zero-order valence-electron chi connectivity index (χ0n) is 21.5. The van der Waals surface area contributed by atoms with Crippen LogP contribution >= 0.6 is 0 Å². The molecule has 1 aromatic carbocycles. The number of aryl methyl sites for hydroxylation is 1. The van der Waals surface area contributed by atoms with Crippen LogP contribution in [0.1, 0.15) is 114 Å². The van der Waals surface area contributed by atoms with Crippen LogP contribution in [0.2, 0.25) is 0 Å². The molecule has 2 fully saturated rings. The van der Waals surface area contributed by atoms with Gasteiger partial charge in [0.25, 0.3) is 0 Å². The Balaban J connectivity index is 1.29. The Labute approximate surface area is 209 Å². The van der Waals surface area contributed by atoms with Gasteiger partial charge in [-0.3, -0.25) is 0 Å². The van der Waals surface area contributed by atoms with E-state index in [0.29, 0.717) is 41.9 Å². The number of rotatable bonds is 8. The Kier molecular flexibility index (Phi) is 9.16. The van der Waals surface area contributed by atoms with E-state index in [0.717, 1.165) is 70.1 Å². The van der Waals surface area contributed by atoms with Gasteiger partial charge in [-0.1, -0.05) is 44.9 Å². The molecule has 3 aliphatic rings. The van der Waals surface area contributed by atoms with E-state index >= 15 is 0 Å². The molecule has 1 atom stereocenters. The van der Waals surface area contributed by atoms with E-state index in [1.54, 1.807) is 6.07 Å². The molecule has 1 aromatic rings. The molecule has 0 N–H and O–H groups in total. The summed E-state index contributed by atoms with van der Waals surface area (Å²) in [5.74, 6) is -1.39. The van der Waals surface area contributed by atoms with E-state index in [2.05, 4.69) is 6.92 Å². The van der Waals surface area contributed by atoms with Crippen molar-refractivity contribution in [3.8, 4) is 0 Å². The summed E-state index contributed by atoms with van der Waals surface area (Å²) in [6, 6.07) is 3.63. The first kappa shape index (κ1) is 26.5. The molecule has 194 valence electrons. The molecular formula is C31H42F4. The van der Waals surface area contributed by atoms with Crippen LogP contribution in [0.15, 0.2) is 35.4 Å². The quantitative estimate of drug-likeness (QED) is 0.318. The predicted molar refractivity (Wildman–Crippen MR) is 135 cm³/mol. The van der Waals surface area contributed by atoms with Gasteiger partial charge in [0.15, 0.2) is 17.5 Å². The van der Waals surface area contributed by atoms with Crippen molar-refractivity contribution in [1.29, 1.82) is 0 Å². The van der Waals surface area contributed by atoms with E-state index in [1.807, 2.05) is 19.1 Å². The smallest absolute Gasteiger partial charge is 0.162 e. The molecule has 0 heterocycles. The molecule has 4 heteroatoms. The lowest BCUT2D eigenvalue weighted by molar-refractivity contribution is 0.279. The third-order valence-electron chi connectivity index (χ3n) is 9.25. The second kappa shape index (κ2) is 12.1. The van der Waals surface area contributed by atoms with Gasteiger partial charge in [-0.15, -0.1) is 0 Å². The maximum Gasteiger partial charge on any atom is 0.162 e. The topological polar surface area (TPSA) is 0 Å². The molecular weight excluding hydrogens is 448 g/mol. The van der Waals surface area contributed by atoms with Crippen molar-refractivity contribution in [1.82, 2.24) is 0 Å². The van der Waals surface area contributed by atoms with Gasteiger partial charge in [-0.25, -0.2) is 17.6 Å². The Bertz CT molecular complexity index is 914. The number of hydrogen-bond donors (Lipinski definition) is 0. The molecule has 0 aromatic heterocycles. The minimum atomic E-state index is -0.662. The van der Waals surface area contributed by atoms with Gasteiger partial charge in [-0.05, 0) is 117 Å². The zero-order valence-corrected chi connectivity index (χ0v) is 21.5. The molecule has 0 saturated heterocycles. The first-order chi connectivity index (χ1) is 16.9. The summed E-state index contributed by atoms with van der Waals surface area (Å²) in [6.07, 6.45) is 14.2. The van der Waals surface area contributed by atoms with Crippen LogP contribution in [0.3, 0.4) is 0 Å².